The third-order valence-corrected chi connectivity index (χ3v) is 17.7. The Balaban J connectivity index is 1.91. The van der Waals surface area contributed by atoms with Crippen molar-refractivity contribution in [3.8, 4) is 0 Å². The molecular weight excluding hydrogens is 409 g/mol. The number of benzene rings is 4. The van der Waals surface area contributed by atoms with Crippen LogP contribution in [0, 0.1) is 0 Å². The van der Waals surface area contributed by atoms with E-state index >= 15 is 0 Å². The van der Waals surface area contributed by atoms with E-state index in [4.69, 9.17) is 0 Å². The van der Waals surface area contributed by atoms with Crippen LogP contribution in [0.3, 0.4) is 0 Å². The Morgan fingerprint density at radius 2 is 0.862 bits per heavy atom. The van der Waals surface area contributed by atoms with Gasteiger partial charge in [-0.2, -0.15) is 0 Å². The van der Waals surface area contributed by atoms with Gasteiger partial charge in [-0.1, -0.05) is 0 Å². The van der Waals surface area contributed by atoms with Crippen LogP contribution >= 0.6 is 0 Å². The summed E-state index contributed by atoms with van der Waals surface area (Å²) in [5.74, 6) is 0. The summed E-state index contributed by atoms with van der Waals surface area (Å²) < 4.78 is 3.01. The third kappa shape index (κ3) is 2.74. The van der Waals surface area contributed by atoms with Crippen molar-refractivity contribution in [3.63, 3.8) is 0 Å². The first-order valence-electron chi connectivity index (χ1n) is 10.3. The van der Waals surface area contributed by atoms with Crippen molar-refractivity contribution >= 4 is 22.1 Å². The molecule has 1 aliphatic rings. The summed E-state index contributed by atoms with van der Waals surface area (Å²) >= 11 is -3.04. The molecular formula is C28H24Ge. The van der Waals surface area contributed by atoms with E-state index in [0.29, 0.717) is 0 Å². The number of rotatable bonds is 4. The van der Waals surface area contributed by atoms with Gasteiger partial charge in [0.25, 0.3) is 0 Å². The first-order valence-corrected chi connectivity index (χ1v) is 14.6. The van der Waals surface area contributed by atoms with Crippen molar-refractivity contribution in [2.75, 3.05) is 0 Å². The molecule has 0 amide bonds. The maximum absolute atomic E-state index is 3.04. The second-order valence-electron chi connectivity index (χ2n) is 7.78. The average Bonchev–Trinajstić information content (AvgIpc) is 3.24. The van der Waals surface area contributed by atoms with E-state index < -0.39 is 13.3 Å². The van der Waals surface area contributed by atoms with Crippen LogP contribution in [0.1, 0.15) is 17.5 Å². The summed E-state index contributed by atoms with van der Waals surface area (Å²) in [5, 5.41) is 0. The van der Waals surface area contributed by atoms with Gasteiger partial charge in [-0.3, -0.25) is 0 Å². The van der Waals surface area contributed by atoms with E-state index in [1.807, 2.05) is 0 Å². The van der Waals surface area contributed by atoms with Gasteiger partial charge in [-0.05, 0) is 0 Å². The summed E-state index contributed by atoms with van der Waals surface area (Å²) in [6.07, 6.45) is 3.50. The van der Waals surface area contributed by atoms with Crippen LogP contribution in [0.4, 0.5) is 0 Å². The zero-order valence-corrected chi connectivity index (χ0v) is 18.5. The van der Waals surface area contributed by atoms with Crippen molar-refractivity contribution in [1.29, 1.82) is 0 Å². The molecule has 0 saturated carbocycles. The van der Waals surface area contributed by atoms with E-state index in [9.17, 15) is 0 Å². The molecule has 1 heterocycles. The van der Waals surface area contributed by atoms with Gasteiger partial charge >= 0.3 is 176 Å². The molecule has 0 nitrogen and oxygen atoms in total. The normalized spacial score (nSPS) is 16.6. The molecule has 1 aliphatic heterocycles. The minimum absolute atomic E-state index is 0.0226. The summed E-state index contributed by atoms with van der Waals surface area (Å²) in [6, 6.07) is 45.0. The first-order chi connectivity index (χ1) is 14.4. The third-order valence-electron chi connectivity index (χ3n) is 6.46. The molecule has 0 fully saturated rings. The van der Waals surface area contributed by atoms with Gasteiger partial charge in [0, 0.05) is 0 Å². The predicted octanol–water partition coefficient (Wildman–Crippen LogP) is 5.27. The van der Waals surface area contributed by atoms with Crippen molar-refractivity contribution in [3.05, 3.63) is 143 Å². The number of allylic oxidation sites excluding steroid dienone is 1. The molecule has 140 valence electrons. The van der Waals surface area contributed by atoms with Crippen LogP contribution in [0.5, 0.6) is 0 Å². The molecule has 0 aromatic heterocycles. The number of hydrogen-bond acceptors (Lipinski definition) is 0. The maximum atomic E-state index is 2.63. The predicted molar refractivity (Wildman–Crippen MR) is 125 cm³/mol. The molecule has 0 atom stereocenters. The van der Waals surface area contributed by atoms with Crippen LogP contribution in [0.15, 0.2) is 132 Å². The Hall–Kier alpha value is -2.84. The monoisotopic (exact) mass is 434 g/mol. The molecule has 29 heavy (non-hydrogen) atoms. The van der Waals surface area contributed by atoms with E-state index in [2.05, 4.69) is 132 Å². The zero-order chi connectivity index (χ0) is 19.6. The van der Waals surface area contributed by atoms with E-state index in [0.717, 1.165) is 6.42 Å². The van der Waals surface area contributed by atoms with Crippen LogP contribution < -0.4 is 8.79 Å². The molecule has 4 aromatic carbocycles. The van der Waals surface area contributed by atoms with E-state index in [-0.39, 0.29) is 4.25 Å². The number of hydrogen-bond donors (Lipinski definition) is 0. The Morgan fingerprint density at radius 1 is 0.483 bits per heavy atom. The zero-order valence-electron chi connectivity index (χ0n) is 16.4. The summed E-state index contributed by atoms with van der Waals surface area (Å²) in [7, 11) is 0. The van der Waals surface area contributed by atoms with E-state index in [1.54, 1.807) is 0 Å². The topological polar surface area (TPSA) is 0 Å². The van der Waals surface area contributed by atoms with Crippen molar-refractivity contribution < 1.29 is 0 Å². The van der Waals surface area contributed by atoms with Gasteiger partial charge in [-0.15, -0.1) is 0 Å². The molecule has 1 heteroatoms. The van der Waals surface area contributed by atoms with Gasteiger partial charge in [0.2, 0.25) is 0 Å². The van der Waals surface area contributed by atoms with Crippen LogP contribution in [0.25, 0.3) is 0 Å². The molecule has 0 N–H and O–H groups in total. The summed E-state index contributed by atoms with van der Waals surface area (Å²) in [6.45, 7) is 0. The summed E-state index contributed by atoms with van der Waals surface area (Å²) in [5.41, 5.74) is 2.87. The van der Waals surface area contributed by atoms with Crippen molar-refractivity contribution in [2.24, 2.45) is 0 Å². The molecule has 0 radical (unpaired) electrons. The second kappa shape index (κ2) is 7.53. The molecule has 0 unspecified atom stereocenters. The fraction of sp³-hybridized carbons (Fsp3) is 0.0714. The Morgan fingerprint density at radius 3 is 1.28 bits per heavy atom. The Labute approximate surface area is 175 Å². The molecule has 4 aromatic rings. The molecule has 5 rings (SSSR count). The van der Waals surface area contributed by atoms with Crippen LogP contribution in [-0.4, -0.2) is 13.3 Å². The van der Waals surface area contributed by atoms with Gasteiger partial charge in [-0.25, -0.2) is 0 Å². The Bertz CT molecular complexity index is 1020. The van der Waals surface area contributed by atoms with Gasteiger partial charge in [0.05, 0.1) is 0 Å². The fourth-order valence-electron chi connectivity index (χ4n) is 5.27. The molecule has 0 bridgehead atoms. The van der Waals surface area contributed by atoms with Crippen LogP contribution in [-0.2, 0) is 4.25 Å². The van der Waals surface area contributed by atoms with Gasteiger partial charge in [0.15, 0.2) is 0 Å². The Kier molecular flexibility index (Phi) is 4.73. The standard InChI is InChI=1S/C28H24Ge/c1-5-14-24(15-6-1)28(25-16-7-2-8-17-25)22-13-23-29(28,26-18-9-3-10-19-26)27-20-11-4-12-21-27/h1-21,23H,22H2. The van der Waals surface area contributed by atoms with Gasteiger partial charge in [0.1, 0.15) is 0 Å². The van der Waals surface area contributed by atoms with Crippen molar-refractivity contribution in [1.82, 2.24) is 0 Å². The summed E-state index contributed by atoms with van der Waals surface area (Å²) in [4.78, 5) is 2.63. The van der Waals surface area contributed by atoms with Crippen molar-refractivity contribution in [2.45, 2.75) is 10.7 Å². The van der Waals surface area contributed by atoms with E-state index in [1.165, 1.54) is 19.9 Å². The molecule has 0 saturated heterocycles. The minimum atomic E-state index is -3.04. The quantitative estimate of drug-likeness (QED) is 0.385. The molecule has 0 spiro atoms. The van der Waals surface area contributed by atoms with Crippen LogP contribution in [0.2, 0.25) is 0 Å². The average molecular weight is 433 g/mol. The first kappa shape index (κ1) is 18.2. The SMILES string of the molecule is C1=[CH][Ge]([c]2ccccc2)([c]2ccccc2)[C](c2ccccc2)(c2ccccc2)C1. The fourth-order valence-corrected chi connectivity index (χ4v) is 17.0. The van der Waals surface area contributed by atoms with Gasteiger partial charge < -0.3 is 0 Å². The molecule has 0 aliphatic carbocycles. The second-order valence-corrected chi connectivity index (χ2v) is 16.1.